The van der Waals surface area contributed by atoms with Gasteiger partial charge in [0.15, 0.2) is 0 Å². The highest BCUT2D eigenvalue weighted by molar-refractivity contribution is 6.35. The number of nitriles is 1. The van der Waals surface area contributed by atoms with E-state index in [2.05, 4.69) is 4.74 Å². The van der Waals surface area contributed by atoms with Crippen molar-refractivity contribution in [3.8, 4) is 22.9 Å². The van der Waals surface area contributed by atoms with Crippen molar-refractivity contribution in [1.82, 2.24) is 0 Å². The molecular weight excluding hydrogens is 307 g/mol. The third-order valence-electron chi connectivity index (χ3n) is 2.56. The predicted octanol–water partition coefficient (Wildman–Crippen LogP) is 5.13. The van der Waals surface area contributed by atoms with Crippen LogP contribution in [0.15, 0.2) is 36.4 Å². The summed E-state index contributed by atoms with van der Waals surface area (Å²) in [6, 6.07) is 11.0. The van der Waals surface area contributed by atoms with Crippen LogP contribution in [0.3, 0.4) is 0 Å². The number of nitrogens with zero attached hydrogens (tertiary/aromatic N) is 1. The molecule has 0 aromatic heterocycles. The minimum atomic E-state index is -2.98. The molecule has 102 valence electrons. The van der Waals surface area contributed by atoms with Crippen LogP contribution in [-0.4, -0.2) is 6.61 Å². The Morgan fingerprint density at radius 3 is 2.50 bits per heavy atom. The minimum absolute atomic E-state index is 0.00107. The van der Waals surface area contributed by atoms with Gasteiger partial charge in [0.1, 0.15) is 11.8 Å². The summed E-state index contributed by atoms with van der Waals surface area (Å²) in [6.07, 6.45) is 0. The molecule has 0 bridgehead atoms. The van der Waals surface area contributed by atoms with E-state index >= 15 is 0 Å². The average Bonchev–Trinajstić information content (AvgIpc) is 2.41. The van der Waals surface area contributed by atoms with Crippen LogP contribution in [0.1, 0.15) is 5.56 Å². The Bertz CT molecular complexity index is 683. The van der Waals surface area contributed by atoms with Crippen LogP contribution in [0.4, 0.5) is 8.78 Å². The zero-order valence-electron chi connectivity index (χ0n) is 9.91. The van der Waals surface area contributed by atoms with E-state index in [1.54, 1.807) is 18.2 Å². The molecule has 0 aliphatic heterocycles. The van der Waals surface area contributed by atoms with E-state index < -0.39 is 6.61 Å². The number of rotatable bonds is 3. The Balaban J connectivity index is 2.49. The maximum atomic E-state index is 12.2. The molecule has 0 atom stereocenters. The fourth-order valence-electron chi connectivity index (χ4n) is 1.70. The van der Waals surface area contributed by atoms with Crippen LogP contribution in [0.2, 0.25) is 10.0 Å². The van der Waals surface area contributed by atoms with Gasteiger partial charge in [-0.15, -0.1) is 0 Å². The molecule has 0 unspecified atom stereocenters. The Labute approximate surface area is 124 Å². The number of halogens is 4. The molecule has 20 heavy (non-hydrogen) atoms. The summed E-state index contributed by atoms with van der Waals surface area (Å²) < 4.78 is 28.7. The molecule has 0 saturated heterocycles. The fourth-order valence-corrected chi connectivity index (χ4v) is 2.10. The molecule has 0 radical (unpaired) electrons. The Hall–Kier alpha value is -1.83. The second-order valence-electron chi connectivity index (χ2n) is 3.83. The van der Waals surface area contributed by atoms with Crippen LogP contribution < -0.4 is 4.74 Å². The molecule has 2 aromatic rings. The summed E-state index contributed by atoms with van der Waals surface area (Å²) in [5, 5.41) is 9.92. The summed E-state index contributed by atoms with van der Waals surface area (Å²) in [4.78, 5) is 0. The summed E-state index contributed by atoms with van der Waals surface area (Å²) in [5.74, 6) is -0.176. The van der Waals surface area contributed by atoms with Gasteiger partial charge >= 0.3 is 6.61 Å². The quantitative estimate of drug-likeness (QED) is 0.786. The van der Waals surface area contributed by atoms with Crippen molar-refractivity contribution < 1.29 is 13.5 Å². The second kappa shape index (κ2) is 6.08. The van der Waals surface area contributed by atoms with Crippen LogP contribution in [0.25, 0.3) is 11.1 Å². The van der Waals surface area contributed by atoms with Gasteiger partial charge in [0.25, 0.3) is 0 Å². The summed E-state index contributed by atoms with van der Waals surface area (Å²) in [5.41, 5.74) is 1.20. The van der Waals surface area contributed by atoms with E-state index in [1.807, 2.05) is 6.07 Å². The number of ether oxygens (including phenoxy) is 1. The lowest BCUT2D eigenvalue weighted by Crippen LogP contribution is -2.03. The second-order valence-corrected chi connectivity index (χ2v) is 4.67. The molecule has 0 N–H and O–H groups in total. The molecule has 2 nitrogen and oxygen atoms in total. The summed E-state index contributed by atoms with van der Waals surface area (Å²) in [6.45, 7) is -2.98. The third-order valence-corrected chi connectivity index (χ3v) is 3.12. The lowest BCUT2D eigenvalue weighted by Gasteiger charge is -2.09. The molecular formula is C14H7Cl2F2NO. The number of benzene rings is 2. The lowest BCUT2D eigenvalue weighted by molar-refractivity contribution is -0.0500. The standard InChI is InChI=1S/C14H7Cl2F2NO/c15-10-2-3-12(16)11(6-10)8-1-4-13(20-14(17)18)9(5-8)7-19/h1-6,14H. The predicted molar refractivity (Wildman–Crippen MR) is 73.2 cm³/mol. The van der Waals surface area contributed by atoms with Crippen LogP contribution in [-0.2, 0) is 0 Å². The van der Waals surface area contributed by atoms with E-state index in [0.29, 0.717) is 21.2 Å². The summed E-state index contributed by atoms with van der Waals surface area (Å²) >= 11 is 12.0. The van der Waals surface area contributed by atoms with Crippen LogP contribution in [0, 0.1) is 11.3 Å². The SMILES string of the molecule is N#Cc1cc(-c2cc(Cl)ccc2Cl)ccc1OC(F)F. The van der Waals surface area contributed by atoms with Crippen LogP contribution in [0.5, 0.6) is 5.75 Å². The molecule has 0 aliphatic carbocycles. The molecule has 0 heterocycles. The number of hydrogen-bond donors (Lipinski definition) is 0. The van der Waals surface area contributed by atoms with Crippen molar-refractivity contribution in [3.05, 3.63) is 52.0 Å². The first-order chi connectivity index (χ1) is 9.51. The van der Waals surface area contributed by atoms with Gasteiger partial charge in [-0.3, -0.25) is 0 Å². The van der Waals surface area contributed by atoms with Crippen molar-refractivity contribution >= 4 is 23.2 Å². The highest BCUT2D eigenvalue weighted by Gasteiger charge is 2.12. The average molecular weight is 314 g/mol. The van der Waals surface area contributed by atoms with Gasteiger partial charge in [0.2, 0.25) is 0 Å². The smallest absolute Gasteiger partial charge is 0.387 e. The van der Waals surface area contributed by atoms with Gasteiger partial charge in [-0.05, 0) is 35.9 Å². The van der Waals surface area contributed by atoms with Crippen molar-refractivity contribution in [3.63, 3.8) is 0 Å². The van der Waals surface area contributed by atoms with Gasteiger partial charge in [-0.25, -0.2) is 0 Å². The fraction of sp³-hybridized carbons (Fsp3) is 0.0714. The molecule has 6 heteroatoms. The topological polar surface area (TPSA) is 33.0 Å². The Kier molecular flexibility index (Phi) is 4.43. The van der Waals surface area contributed by atoms with Crippen LogP contribution >= 0.6 is 23.2 Å². The molecule has 0 amide bonds. The molecule has 0 saturated carbocycles. The van der Waals surface area contributed by atoms with E-state index in [9.17, 15) is 8.78 Å². The van der Waals surface area contributed by atoms with Crippen molar-refractivity contribution in [2.45, 2.75) is 6.61 Å². The largest absolute Gasteiger partial charge is 0.433 e. The first-order valence-corrected chi connectivity index (χ1v) is 6.21. The van der Waals surface area contributed by atoms with Gasteiger partial charge in [-0.2, -0.15) is 14.0 Å². The number of alkyl halides is 2. The molecule has 2 aromatic carbocycles. The monoisotopic (exact) mass is 313 g/mol. The maximum absolute atomic E-state index is 12.2. The maximum Gasteiger partial charge on any atom is 0.387 e. The number of hydrogen-bond acceptors (Lipinski definition) is 2. The lowest BCUT2D eigenvalue weighted by atomic mass is 10.0. The third kappa shape index (κ3) is 3.19. The zero-order chi connectivity index (χ0) is 14.7. The highest BCUT2D eigenvalue weighted by Crippen LogP contribution is 2.33. The summed E-state index contributed by atoms with van der Waals surface area (Å²) in [7, 11) is 0. The van der Waals surface area contributed by atoms with Crippen molar-refractivity contribution in [1.29, 1.82) is 5.26 Å². The zero-order valence-corrected chi connectivity index (χ0v) is 11.4. The van der Waals surface area contributed by atoms with Gasteiger partial charge in [-0.1, -0.05) is 29.3 Å². The normalized spacial score (nSPS) is 10.4. The Morgan fingerprint density at radius 2 is 1.85 bits per heavy atom. The molecule has 0 spiro atoms. The highest BCUT2D eigenvalue weighted by atomic mass is 35.5. The van der Waals surface area contributed by atoms with E-state index in [1.165, 1.54) is 18.2 Å². The van der Waals surface area contributed by atoms with Crippen molar-refractivity contribution in [2.24, 2.45) is 0 Å². The van der Waals surface area contributed by atoms with E-state index in [-0.39, 0.29) is 11.3 Å². The van der Waals surface area contributed by atoms with Gasteiger partial charge in [0.05, 0.1) is 5.56 Å². The Morgan fingerprint density at radius 1 is 1.10 bits per heavy atom. The first kappa shape index (κ1) is 14.6. The molecule has 0 fully saturated rings. The first-order valence-electron chi connectivity index (χ1n) is 5.45. The molecule has 2 rings (SSSR count). The van der Waals surface area contributed by atoms with Crippen molar-refractivity contribution in [2.75, 3.05) is 0 Å². The molecule has 0 aliphatic rings. The van der Waals surface area contributed by atoms with E-state index in [0.717, 1.165) is 0 Å². The van der Waals surface area contributed by atoms with Gasteiger partial charge in [0, 0.05) is 15.6 Å². The van der Waals surface area contributed by atoms with E-state index in [4.69, 9.17) is 28.5 Å². The minimum Gasteiger partial charge on any atom is -0.433 e. The van der Waals surface area contributed by atoms with Gasteiger partial charge < -0.3 is 4.74 Å².